The molecule has 1 fully saturated rings. The smallest absolute Gasteiger partial charge is 0.255 e. The second kappa shape index (κ2) is 9.28. The van der Waals surface area contributed by atoms with Crippen molar-refractivity contribution >= 4 is 21.6 Å². The highest BCUT2D eigenvalue weighted by Crippen LogP contribution is 2.31. The molecule has 0 saturated carbocycles. The summed E-state index contributed by atoms with van der Waals surface area (Å²) < 4.78 is 38.5. The van der Waals surface area contributed by atoms with Gasteiger partial charge in [0.15, 0.2) is 0 Å². The van der Waals surface area contributed by atoms with Crippen molar-refractivity contribution in [3.63, 3.8) is 0 Å². The van der Waals surface area contributed by atoms with E-state index in [9.17, 15) is 13.2 Å². The molecule has 0 atom stereocenters. The highest BCUT2D eigenvalue weighted by molar-refractivity contribution is 7.89. The average Bonchev–Trinajstić information content (AvgIpc) is 2.75. The summed E-state index contributed by atoms with van der Waals surface area (Å²) >= 11 is 0. The second-order valence-corrected chi connectivity index (χ2v) is 8.65. The van der Waals surface area contributed by atoms with Crippen molar-refractivity contribution in [2.24, 2.45) is 0 Å². The molecular formula is C21H26N2O5S. The molecule has 2 aromatic carbocycles. The summed E-state index contributed by atoms with van der Waals surface area (Å²) in [7, 11) is -2.15. The van der Waals surface area contributed by atoms with Crippen LogP contribution in [0.2, 0.25) is 0 Å². The van der Waals surface area contributed by atoms with Gasteiger partial charge < -0.3 is 14.8 Å². The molecule has 1 saturated heterocycles. The number of rotatable bonds is 7. The number of anilines is 1. The lowest BCUT2D eigenvalue weighted by atomic mass is 10.2. The van der Waals surface area contributed by atoms with Gasteiger partial charge in [0.2, 0.25) is 10.0 Å². The zero-order valence-corrected chi connectivity index (χ0v) is 17.5. The normalized spacial score (nSPS) is 15.0. The number of carbonyl (C=O) groups is 1. The lowest BCUT2D eigenvalue weighted by molar-refractivity contribution is 0.102. The summed E-state index contributed by atoms with van der Waals surface area (Å²) in [4.78, 5) is 12.6. The Kier molecular flexibility index (Phi) is 6.76. The molecular weight excluding hydrogens is 392 g/mol. The number of hydrogen-bond donors (Lipinski definition) is 1. The third-order valence-electron chi connectivity index (χ3n) is 4.79. The monoisotopic (exact) mass is 418 g/mol. The zero-order valence-electron chi connectivity index (χ0n) is 16.7. The first-order valence-corrected chi connectivity index (χ1v) is 11.1. The Morgan fingerprint density at radius 3 is 2.38 bits per heavy atom. The quantitative estimate of drug-likeness (QED) is 0.744. The lowest BCUT2D eigenvalue weighted by Gasteiger charge is -2.27. The van der Waals surface area contributed by atoms with E-state index in [4.69, 9.17) is 9.47 Å². The lowest BCUT2D eigenvalue weighted by Crippen LogP contribution is -2.35. The minimum Gasteiger partial charge on any atom is -0.497 e. The van der Waals surface area contributed by atoms with Crippen molar-refractivity contribution in [2.75, 3.05) is 32.1 Å². The number of nitrogens with zero attached hydrogens (tertiary/aromatic N) is 1. The number of ether oxygens (including phenoxy) is 2. The molecule has 0 radical (unpaired) electrons. The molecule has 29 heavy (non-hydrogen) atoms. The molecule has 156 valence electrons. The van der Waals surface area contributed by atoms with Gasteiger partial charge in [0.05, 0.1) is 13.7 Å². The van der Waals surface area contributed by atoms with E-state index in [1.165, 1.54) is 10.4 Å². The Hall–Kier alpha value is -2.58. The summed E-state index contributed by atoms with van der Waals surface area (Å²) in [6.07, 6.45) is 2.72. The van der Waals surface area contributed by atoms with Gasteiger partial charge in [-0.3, -0.25) is 4.79 Å². The van der Waals surface area contributed by atoms with Gasteiger partial charge in [0.1, 0.15) is 16.4 Å². The van der Waals surface area contributed by atoms with E-state index >= 15 is 0 Å². The predicted molar refractivity (Wildman–Crippen MR) is 111 cm³/mol. The van der Waals surface area contributed by atoms with E-state index in [0.29, 0.717) is 42.4 Å². The van der Waals surface area contributed by atoms with Crippen LogP contribution in [0, 0.1) is 0 Å². The van der Waals surface area contributed by atoms with Crippen LogP contribution in [0.3, 0.4) is 0 Å². The van der Waals surface area contributed by atoms with Crippen molar-refractivity contribution < 1.29 is 22.7 Å². The van der Waals surface area contributed by atoms with Crippen molar-refractivity contribution in [2.45, 2.75) is 31.1 Å². The van der Waals surface area contributed by atoms with Gasteiger partial charge in [-0.05, 0) is 62.2 Å². The standard InChI is InChI=1S/C21H26N2O5S/c1-3-28-19-12-9-17(22-21(24)16-7-10-18(27-2)11-8-16)15-20(19)29(25,26)23-13-5-4-6-14-23/h7-12,15H,3-6,13-14H2,1-2H3,(H,22,24). The van der Waals surface area contributed by atoms with Crippen LogP contribution in [0.15, 0.2) is 47.4 Å². The molecule has 1 amide bonds. The highest BCUT2D eigenvalue weighted by Gasteiger charge is 2.29. The van der Waals surface area contributed by atoms with Crippen LogP contribution in [0.1, 0.15) is 36.5 Å². The van der Waals surface area contributed by atoms with Gasteiger partial charge >= 0.3 is 0 Å². The molecule has 0 bridgehead atoms. The van der Waals surface area contributed by atoms with Crippen LogP contribution in [0.5, 0.6) is 11.5 Å². The Bertz CT molecular complexity index is 952. The average molecular weight is 419 g/mol. The Balaban J connectivity index is 1.88. The Labute approximate surface area is 171 Å². The zero-order chi connectivity index (χ0) is 20.9. The van der Waals surface area contributed by atoms with Gasteiger partial charge in [0.25, 0.3) is 5.91 Å². The number of nitrogens with one attached hydrogen (secondary N) is 1. The van der Waals surface area contributed by atoms with E-state index < -0.39 is 10.0 Å². The van der Waals surface area contributed by atoms with E-state index in [-0.39, 0.29) is 10.8 Å². The topological polar surface area (TPSA) is 84.9 Å². The predicted octanol–water partition coefficient (Wildman–Crippen LogP) is 3.52. The largest absolute Gasteiger partial charge is 0.497 e. The van der Waals surface area contributed by atoms with E-state index in [2.05, 4.69) is 5.32 Å². The molecule has 1 aliphatic heterocycles. The van der Waals surface area contributed by atoms with E-state index in [1.54, 1.807) is 50.4 Å². The molecule has 0 unspecified atom stereocenters. The third kappa shape index (κ3) is 4.89. The number of amides is 1. The van der Waals surface area contributed by atoms with Crippen molar-refractivity contribution in [1.82, 2.24) is 4.31 Å². The van der Waals surface area contributed by atoms with Crippen LogP contribution >= 0.6 is 0 Å². The van der Waals surface area contributed by atoms with Crippen molar-refractivity contribution in [3.8, 4) is 11.5 Å². The SMILES string of the molecule is CCOc1ccc(NC(=O)c2ccc(OC)cc2)cc1S(=O)(=O)N1CCCCC1. The van der Waals surface area contributed by atoms with Crippen LogP contribution in [0.25, 0.3) is 0 Å². The number of methoxy groups -OCH3 is 1. The molecule has 2 aromatic rings. The van der Waals surface area contributed by atoms with Gasteiger partial charge in [-0.15, -0.1) is 0 Å². The maximum Gasteiger partial charge on any atom is 0.255 e. The number of carbonyl (C=O) groups excluding carboxylic acids is 1. The number of sulfonamides is 1. The molecule has 7 nitrogen and oxygen atoms in total. The maximum absolute atomic E-state index is 13.2. The van der Waals surface area contributed by atoms with Gasteiger partial charge in [-0.2, -0.15) is 4.31 Å². The fourth-order valence-electron chi connectivity index (χ4n) is 3.25. The van der Waals surface area contributed by atoms with Crippen LogP contribution in [0.4, 0.5) is 5.69 Å². The Morgan fingerprint density at radius 1 is 1.07 bits per heavy atom. The first-order chi connectivity index (χ1) is 14.0. The molecule has 0 spiro atoms. The number of benzene rings is 2. The minimum atomic E-state index is -3.71. The minimum absolute atomic E-state index is 0.0776. The molecule has 3 rings (SSSR count). The summed E-state index contributed by atoms with van der Waals surface area (Å²) in [5.74, 6) is 0.608. The summed E-state index contributed by atoms with van der Waals surface area (Å²) in [6.45, 7) is 3.14. The van der Waals surface area contributed by atoms with Crippen LogP contribution in [-0.2, 0) is 10.0 Å². The first-order valence-electron chi connectivity index (χ1n) is 9.68. The molecule has 1 N–H and O–H groups in total. The van der Waals surface area contributed by atoms with Gasteiger partial charge in [-0.1, -0.05) is 6.42 Å². The summed E-state index contributed by atoms with van der Waals surface area (Å²) in [5.41, 5.74) is 0.838. The molecule has 1 heterocycles. The summed E-state index contributed by atoms with van der Waals surface area (Å²) in [6, 6.07) is 11.4. The van der Waals surface area contributed by atoms with E-state index in [1.807, 2.05) is 0 Å². The molecule has 0 aromatic heterocycles. The Morgan fingerprint density at radius 2 is 1.76 bits per heavy atom. The summed E-state index contributed by atoms with van der Waals surface area (Å²) in [5, 5.41) is 2.76. The molecule has 1 aliphatic rings. The van der Waals surface area contributed by atoms with Crippen molar-refractivity contribution in [1.29, 1.82) is 0 Å². The number of piperidine rings is 1. The fourth-order valence-corrected chi connectivity index (χ4v) is 4.93. The van der Waals surface area contributed by atoms with E-state index in [0.717, 1.165) is 19.3 Å². The molecule has 0 aliphatic carbocycles. The van der Waals surface area contributed by atoms with Gasteiger partial charge in [0, 0.05) is 24.3 Å². The third-order valence-corrected chi connectivity index (χ3v) is 6.71. The number of hydrogen-bond acceptors (Lipinski definition) is 5. The van der Waals surface area contributed by atoms with Crippen molar-refractivity contribution in [3.05, 3.63) is 48.0 Å². The molecule has 8 heteroatoms. The highest BCUT2D eigenvalue weighted by atomic mass is 32.2. The maximum atomic E-state index is 13.2. The van der Waals surface area contributed by atoms with Crippen LogP contribution < -0.4 is 14.8 Å². The first kappa shape index (κ1) is 21.1. The second-order valence-electron chi connectivity index (χ2n) is 6.74. The fraction of sp³-hybridized carbons (Fsp3) is 0.381. The van der Waals surface area contributed by atoms with Crippen LogP contribution in [-0.4, -0.2) is 45.4 Å². The van der Waals surface area contributed by atoms with Gasteiger partial charge in [-0.25, -0.2) is 8.42 Å².